The monoisotopic (exact) mass is 204 g/mol. The average Bonchev–Trinajstić information content (AvgIpc) is 1.93. The fraction of sp³-hybridized carbons (Fsp3) is 0.167. The van der Waals surface area contributed by atoms with Crippen molar-refractivity contribution in [2.24, 2.45) is 0 Å². The first kappa shape index (κ1) is 7.47. The van der Waals surface area contributed by atoms with Gasteiger partial charge in [-0.25, -0.2) is 9.37 Å². The van der Waals surface area contributed by atoms with Crippen LogP contribution >= 0.6 is 15.9 Å². The highest BCUT2D eigenvalue weighted by Gasteiger charge is 2.05. The van der Waals surface area contributed by atoms with E-state index in [4.69, 9.17) is 5.73 Å². The van der Waals surface area contributed by atoms with Gasteiger partial charge in [-0.15, -0.1) is 0 Å². The van der Waals surface area contributed by atoms with E-state index in [1.54, 1.807) is 6.92 Å². The fourth-order valence-electron chi connectivity index (χ4n) is 0.564. The summed E-state index contributed by atoms with van der Waals surface area (Å²) in [6.07, 6.45) is 1.52. The van der Waals surface area contributed by atoms with Gasteiger partial charge in [0.25, 0.3) is 0 Å². The minimum atomic E-state index is -0.486. The molecule has 0 atom stereocenters. The van der Waals surface area contributed by atoms with E-state index in [0.717, 1.165) is 0 Å². The number of hydrogen-bond donors (Lipinski definition) is 1. The molecular weight excluding hydrogens is 199 g/mol. The highest BCUT2D eigenvalue weighted by atomic mass is 79.9. The summed E-state index contributed by atoms with van der Waals surface area (Å²) in [5.41, 5.74) is 6.15. The lowest BCUT2D eigenvalue weighted by molar-refractivity contribution is 0.616. The summed E-state index contributed by atoms with van der Waals surface area (Å²) in [7, 11) is 0. The quantitative estimate of drug-likeness (QED) is 0.656. The van der Waals surface area contributed by atoms with Gasteiger partial charge in [0.15, 0.2) is 5.82 Å². The summed E-state index contributed by atoms with van der Waals surface area (Å²) in [5.74, 6) is -0.486. The van der Waals surface area contributed by atoms with E-state index in [0.29, 0.717) is 5.56 Å². The first-order valence-electron chi connectivity index (χ1n) is 2.69. The minimum Gasteiger partial charge on any atom is -0.396 e. The molecule has 0 amide bonds. The summed E-state index contributed by atoms with van der Waals surface area (Å²) in [4.78, 5) is 3.70. The topological polar surface area (TPSA) is 38.9 Å². The smallest absolute Gasteiger partial charge is 0.179 e. The van der Waals surface area contributed by atoms with Crippen LogP contribution in [0.4, 0.5) is 10.1 Å². The summed E-state index contributed by atoms with van der Waals surface area (Å²) in [5, 5.41) is 0. The highest BCUT2D eigenvalue weighted by Crippen LogP contribution is 2.20. The molecule has 0 saturated heterocycles. The maximum Gasteiger partial charge on any atom is 0.179 e. The molecule has 1 rings (SSSR count). The van der Waals surface area contributed by atoms with Crippen molar-refractivity contribution in [2.75, 3.05) is 5.73 Å². The van der Waals surface area contributed by atoms with Crippen LogP contribution in [0.2, 0.25) is 0 Å². The van der Waals surface area contributed by atoms with Crippen LogP contribution in [-0.2, 0) is 0 Å². The number of anilines is 1. The van der Waals surface area contributed by atoms with Crippen LogP contribution in [0.25, 0.3) is 0 Å². The molecule has 54 valence electrons. The number of rotatable bonds is 0. The van der Waals surface area contributed by atoms with Crippen LogP contribution in [0.15, 0.2) is 10.8 Å². The van der Waals surface area contributed by atoms with Gasteiger partial charge in [0.1, 0.15) is 4.60 Å². The Hall–Kier alpha value is -0.640. The number of nitrogen functional groups attached to an aromatic ring is 1. The van der Waals surface area contributed by atoms with Gasteiger partial charge in [-0.1, -0.05) is 0 Å². The van der Waals surface area contributed by atoms with E-state index >= 15 is 0 Å². The van der Waals surface area contributed by atoms with Gasteiger partial charge in [-0.3, -0.25) is 0 Å². The van der Waals surface area contributed by atoms with E-state index in [2.05, 4.69) is 20.9 Å². The summed E-state index contributed by atoms with van der Waals surface area (Å²) in [6, 6.07) is 0. The molecule has 0 radical (unpaired) electrons. The zero-order valence-corrected chi connectivity index (χ0v) is 6.94. The molecule has 0 bridgehead atoms. The van der Waals surface area contributed by atoms with Crippen LogP contribution in [0, 0.1) is 12.7 Å². The lowest BCUT2D eigenvalue weighted by atomic mass is 10.3. The van der Waals surface area contributed by atoms with E-state index < -0.39 is 5.82 Å². The normalized spacial score (nSPS) is 9.90. The van der Waals surface area contributed by atoms with Crippen molar-refractivity contribution < 1.29 is 4.39 Å². The van der Waals surface area contributed by atoms with E-state index in [-0.39, 0.29) is 10.3 Å². The van der Waals surface area contributed by atoms with Gasteiger partial charge in [-0.2, -0.15) is 0 Å². The number of aromatic nitrogens is 1. The number of pyridine rings is 1. The Morgan fingerprint density at radius 1 is 1.70 bits per heavy atom. The molecule has 1 heterocycles. The van der Waals surface area contributed by atoms with Crippen molar-refractivity contribution in [1.29, 1.82) is 0 Å². The Bertz CT molecular complexity index is 235. The van der Waals surface area contributed by atoms with Crippen molar-refractivity contribution in [1.82, 2.24) is 4.98 Å². The molecule has 0 unspecified atom stereocenters. The third-order valence-corrected chi connectivity index (χ3v) is 1.77. The van der Waals surface area contributed by atoms with E-state index in [1.165, 1.54) is 6.20 Å². The second kappa shape index (κ2) is 2.54. The zero-order valence-electron chi connectivity index (χ0n) is 5.36. The number of halogens is 2. The molecule has 2 N–H and O–H groups in total. The second-order valence-electron chi connectivity index (χ2n) is 1.96. The van der Waals surface area contributed by atoms with Crippen LogP contribution in [-0.4, -0.2) is 4.98 Å². The van der Waals surface area contributed by atoms with E-state index in [1.807, 2.05) is 0 Å². The Labute approximate surface area is 66.4 Å². The molecule has 0 fully saturated rings. The van der Waals surface area contributed by atoms with Crippen molar-refractivity contribution >= 4 is 21.6 Å². The first-order chi connectivity index (χ1) is 4.63. The van der Waals surface area contributed by atoms with Gasteiger partial charge in [0, 0.05) is 6.20 Å². The number of nitrogens with two attached hydrogens (primary N) is 1. The third kappa shape index (κ3) is 1.11. The van der Waals surface area contributed by atoms with Gasteiger partial charge >= 0.3 is 0 Å². The lowest BCUT2D eigenvalue weighted by Gasteiger charge is -2.00. The molecule has 0 aliphatic heterocycles. The molecule has 0 saturated carbocycles. The zero-order chi connectivity index (χ0) is 7.72. The van der Waals surface area contributed by atoms with Crippen LogP contribution in [0.3, 0.4) is 0 Å². The predicted molar refractivity (Wildman–Crippen MR) is 41.0 cm³/mol. The average molecular weight is 205 g/mol. The van der Waals surface area contributed by atoms with Crippen molar-refractivity contribution in [3.8, 4) is 0 Å². The predicted octanol–water partition coefficient (Wildman–Crippen LogP) is 1.87. The largest absolute Gasteiger partial charge is 0.396 e. The molecular formula is C6H6BrFN2. The Balaban J connectivity index is 3.34. The van der Waals surface area contributed by atoms with Gasteiger partial charge in [-0.05, 0) is 28.4 Å². The van der Waals surface area contributed by atoms with Crippen LogP contribution in [0.5, 0.6) is 0 Å². The van der Waals surface area contributed by atoms with Gasteiger partial charge in [0.2, 0.25) is 0 Å². The van der Waals surface area contributed by atoms with E-state index in [9.17, 15) is 4.39 Å². The molecule has 0 spiro atoms. The Kier molecular flexibility index (Phi) is 1.89. The van der Waals surface area contributed by atoms with Crippen LogP contribution < -0.4 is 5.73 Å². The maximum absolute atomic E-state index is 12.8. The molecule has 0 aromatic carbocycles. The minimum absolute atomic E-state index is 0.155. The van der Waals surface area contributed by atoms with Crippen molar-refractivity contribution in [2.45, 2.75) is 6.92 Å². The SMILES string of the molecule is Cc1cnc(Br)c(F)c1N. The number of hydrogen-bond acceptors (Lipinski definition) is 2. The fourth-order valence-corrected chi connectivity index (χ4v) is 0.880. The van der Waals surface area contributed by atoms with Gasteiger partial charge < -0.3 is 5.73 Å². The first-order valence-corrected chi connectivity index (χ1v) is 3.48. The Morgan fingerprint density at radius 2 is 2.30 bits per heavy atom. The van der Waals surface area contributed by atoms with Crippen LogP contribution in [0.1, 0.15) is 5.56 Å². The standard InChI is InChI=1S/C6H6BrFN2/c1-3-2-10-6(7)4(8)5(3)9/h2H,1H3,(H2,9,10). The molecule has 1 aromatic heterocycles. The third-order valence-electron chi connectivity index (χ3n) is 1.21. The second-order valence-corrected chi connectivity index (χ2v) is 2.71. The summed E-state index contributed by atoms with van der Waals surface area (Å²) < 4.78 is 12.9. The highest BCUT2D eigenvalue weighted by molar-refractivity contribution is 9.10. The molecule has 0 aliphatic carbocycles. The maximum atomic E-state index is 12.8. The Morgan fingerprint density at radius 3 is 2.80 bits per heavy atom. The molecule has 4 heteroatoms. The van der Waals surface area contributed by atoms with Crippen molar-refractivity contribution in [3.05, 3.63) is 22.2 Å². The molecule has 10 heavy (non-hydrogen) atoms. The summed E-state index contributed by atoms with van der Waals surface area (Å²) >= 11 is 2.91. The number of aryl methyl sites for hydroxylation is 1. The molecule has 0 aliphatic rings. The van der Waals surface area contributed by atoms with Crippen molar-refractivity contribution in [3.63, 3.8) is 0 Å². The van der Waals surface area contributed by atoms with Gasteiger partial charge in [0.05, 0.1) is 5.69 Å². The summed E-state index contributed by atoms with van der Waals surface area (Å²) in [6.45, 7) is 1.71. The number of nitrogens with zero attached hydrogens (tertiary/aromatic N) is 1. The molecule has 2 nitrogen and oxygen atoms in total. The lowest BCUT2D eigenvalue weighted by Crippen LogP contribution is -1.96. The molecule has 1 aromatic rings.